The van der Waals surface area contributed by atoms with Crippen molar-refractivity contribution < 1.29 is 42.0 Å². The van der Waals surface area contributed by atoms with E-state index in [0.29, 0.717) is 62.8 Å². The zero-order chi connectivity index (χ0) is 26.3. The number of carbonyl (C=O) groups excluding carboxylic acids is 1. The molecule has 1 aliphatic carbocycles. The van der Waals surface area contributed by atoms with Gasteiger partial charge in [-0.1, -0.05) is 0 Å². The predicted molar refractivity (Wildman–Crippen MR) is 134 cm³/mol. The van der Waals surface area contributed by atoms with Crippen molar-refractivity contribution in [1.29, 1.82) is 0 Å². The molecule has 1 aliphatic heterocycles. The monoisotopic (exact) mass is 693 g/mol. The van der Waals surface area contributed by atoms with Crippen LogP contribution in [0, 0.1) is 6.08 Å². The van der Waals surface area contributed by atoms with Crippen molar-refractivity contribution in [2.24, 2.45) is 0 Å². The van der Waals surface area contributed by atoms with Crippen molar-refractivity contribution in [1.82, 2.24) is 19.9 Å². The number of rotatable bonds is 12. The van der Waals surface area contributed by atoms with Gasteiger partial charge in [0.05, 0.1) is 5.25 Å². The summed E-state index contributed by atoms with van der Waals surface area (Å²) in [6, 6.07) is 1.72. The molecule has 0 N–H and O–H groups in total. The first-order valence-corrected chi connectivity index (χ1v) is 15.6. The van der Waals surface area contributed by atoms with Crippen molar-refractivity contribution in [3.63, 3.8) is 0 Å². The molecule has 2 fully saturated rings. The van der Waals surface area contributed by atoms with E-state index in [2.05, 4.69) is 26.0 Å². The Morgan fingerprint density at radius 3 is 2.76 bits per heavy atom. The van der Waals surface area contributed by atoms with E-state index in [0.717, 1.165) is 5.57 Å². The Morgan fingerprint density at radius 1 is 1.27 bits per heavy atom. The zero-order valence-corrected chi connectivity index (χ0v) is 24.4. The first kappa shape index (κ1) is 27.6. The van der Waals surface area contributed by atoms with E-state index in [1.165, 1.54) is 19.4 Å². The fraction of sp³-hybridized carbons (Fsp3) is 0.462. The van der Waals surface area contributed by atoms with Gasteiger partial charge in [-0.3, -0.25) is 0 Å². The molecule has 196 valence electrons. The Bertz CT molecular complexity index is 1300. The number of ether oxygens (including phenoxy) is 2. The molecular formula is C26H29N4O5SW-. The second-order valence-electron chi connectivity index (χ2n) is 8.95. The van der Waals surface area contributed by atoms with E-state index < -0.39 is 15.3 Å². The normalized spacial score (nSPS) is 18.0. The van der Waals surface area contributed by atoms with Crippen LogP contribution in [0.1, 0.15) is 56.2 Å². The topological polar surface area (TPSA) is 121 Å². The molecule has 37 heavy (non-hydrogen) atoms. The summed E-state index contributed by atoms with van der Waals surface area (Å²) in [6.07, 6.45) is 13.9. The number of sulfone groups is 1. The second-order valence-corrected chi connectivity index (χ2v) is 12.1. The first-order chi connectivity index (χ1) is 17.9. The third-order valence-corrected chi connectivity index (χ3v) is 9.47. The summed E-state index contributed by atoms with van der Waals surface area (Å²) in [5, 5.41) is -0.286. The SMILES string of the molecule is CCOc1cncc(C([CH]=[W])=CC=[C-]CC(=O)C2(c3ccnc(CS(=O)(=O)C4CC4)n3)CCOCC2)n1. The van der Waals surface area contributed by atoms with Crippen molar-refractivity contribution >= 4 is 25.6 Å². The average Bonchev–Trinajstić information content (AvgIpc) is 3.76. The van der Waals surface area contributed by atoms with Crippen LogP contribution < -0.4 is 4.74 Å². The minimum atomic E-state index is -3.26. The van der Waals surface area contributed by atoms with Gasteiger partial charge in [-0.15, -0.1) is 0 Å². The molecule has 11 heteroatoms. The summed E-state index contributed by atoms with van der Waals surface area (Å²) in [5.41, 5.74) is 1.25. The predicted octanol–water partition coefficient (Wildman–Crippen LogP) is 2.54. The van der Waals surface area contributed by atoms with E-state index >= 15 is 0 Å². The average molecular weight is 693 g/mol. The molecule has 4 rings (SSSR count). The van der Waals surface area contributed by atoms with Crippen LogP contribution in [0.3, 0.4) is 0 Å². The molecular weight excluding hydrogens is 664 g/mol. The molecule has 1 saturated heterocycles. The number of hydrogen-bond donors (Lipinski definition) is 0. The summed E-state index contributed by atoms with van der Waals surface area (Å²) in [6.45, 7) is 3.26. The van der Waals surface area contributed by atoms with Crippen molar-refractivity contribution in [3.8, 4) is 5.88 Å². The molecule has 1 saturated carbocycles. The van der Waals surface area contributed by atoms with Gasteiger partial charge in [0.2, 0.25) is 0 Å². The molecule has 2 aliphatic rings. The minimum absolute atomic E-state index is 0.0269. The Hall–Kier alpha value is -2.42. The molecule has 0 atom stereocenters. The summed E-state index contributed by atoms with van der Waals surface area (Å²) >= 11 is 1.25. The van der Waals surface area contributed by atoms with Crippen molar-refractivity contribution in [3.05, 3.63) is 60.1 Å². The van der Waals surface area contributed by atoms with Crippen LogP contribution in [-0.2, 0) is 49.9 Å². The Balaban J connectivity index is 1.51. The maximum absolute atomic E-state index is 13.6. The molecule has 2 aromatic heterocycles. The Morgan fingerprint density at radius 2 is 2.05 bits per heavy atom. The van der Waals surface area contributed by atoms with Crippen molar-refractivity contribution in [2.45, 2.75) is 55.4 Å². The number of hydrogen-bond acceptors (Lipinski definition) is 9. The number of nitrogens with zero attached hydrogens (tertiary/aromatic N) is 4. The molecule has 0 unspecified atom stereocenters. The fourth-order valence-corrected chi connectivity index (χ4v) is 6.52. The quantitative estimate of drug-likeness (QED) is 0.244. The number of ketones is 1. The van der Waals surface area contributed by atoms with Crippen molar-refractivity contribution in [2.75, 3.05) is 19.8 Å². The summed E-state index contributed by atoms with van der Waals surface area (Å²) < 4.78 is 37.9. The molecule has 0 spiro atoms. The van der Waals surface area contributed by atoms with Gasteiger partial charge in [0.1, 0.15) is 0 Å². The molecule has 9 nitrogen and oxygen atoms in total. The molecule has 3 heterocycles. The van der Waals surface area contributed by atoms with E-state index in [9.17, 15) is 13.2 Å². The molecule has 0 amide bonds. The van der Waals surface area contributed by atoms with Gasteiger partial charge < -0.3 is 0 Å². The van der Waals surface area contributed by atoms with Gasteiger partial charge in [0, 0.05) is 0 Å². The number of Topliss-reactive ketones (excluding diaryl/α,β-unsaturated/α-hetero) is 1. The molecule has 0 bridgehead atoms. The Kier molecular flexibility index (Phi) is 9.26. The Labute approximate surface area is 228 Å². The van der Waals surface area contributed by atoms with Gasteiger partial charge in [-0.2, -0.15) is 0 Å². The number of allylic oxidation sites excluding steroid dienone is 4. The third-order valence-electron chi connectivity index (χ3n) is 6.41. The van der Waals surface area contributed by atoms with Crippen LogP contribution in [0.4, 0.5) is 0 Å². The van der Waals surface area contributed by atoms with Gasteiger partial charge in [-0.05, 0) is 12.8 Å². The standard InChI is InChI=1S/C26H29N4O5S.W/c1-3-35-25-17-27-16-21(29-25)19(2)6-4-5-7-23(31)26(11-14-34-15-12-26)22-10-13-28-24(30-22)18-36(32,33)20-8-9-20;/h2,4,6,10,13,16-17,20H,3,7-9,11-12,14-15,18H2,1H3;/q-1;. The van der Waals surface area contributed by atoms with Crippen LogP contribution in [0.2, 0.25) is 0 Å². The van der Waals surface area contributed by atoms with Crippen LogP contribution in [0.15, 0.2) is 36.8 Å². The zero-order valence-electron chi connectivity index (χ0n) is 20.6. The molecule has 0 radical (unpaired) electrons. The maximum atomic E-state index is 13.6. The fourth-order valence-electron chi connectivity index (χ4n) is 4.22. The van der Waals surface area contributed by atoms with E-state index in [1.54, 1.807) is 30.7 Å². The number of aromatic nitrogens is 4. The van der Waals surface area contributed by atoms with Crippen LogP contribution in [-0.4, -0.2) is 63.6 Å². The summed E-state index contributed by atoms with van der Waals surface area (Å²) in [4.78, 5) is 31.0. The van der Waals surface area contributed by atoms with E-state index in [1.807, 2.05) is 17.4 Å². The second kappa shape index (κ2) is 12.4. The van der Waals surface area contributed by atoms with Gasteiger partial charge >= 0.3 is 192 Å². The van der Waals surface area contributed by atoms with E-state index in [4.69, 9.17) is 9.47 Å². The van der Waals surface area contributed by atoms with Crippen LogP contribution in [0.25, 0.3) is 5.57 Å². The first-order valence-electron chi connectivity index (χ1n) is 12.2. The van der Waals surface area contributed by atoms with E-state index in [-0.39, 0.29) is 29.0 Å². The van der Waals surface area contributed by atoms with Gasteiger partial charge in [0.25, 0.3) is 0 Å². The van der Waals surface area contributed by atoms with Gasteiger partial charge in [0.15, 0.2) is 9.84 Å². The third kappa shape index (κ3) is 6.92. The number of carbonyl (C=O) groups is 1. The summed E-state index contributed by atoms with van der Waals surface area (Å²) in [5.74, 6) is 0.475. The van der Waals surface area contributed by atoms with Crippen LogP contribution >= 0.6 is 0 Å². The van der Waals surface area contributed by atoms with Gasteiger partial charge in [-0.25, -0.2) is 8.42 Å². The summed E-state index contributed by atoms with van der Waals surface area (Å²) in [7, 11) is -3.26. The molecule has 0 aromatic carbocycles. The molecule has 2 aromatic rings. The van der Waals surface area contributed by atoms with Crippen LogP contribution in [0.5, 0.6) is 5.88 Å².